The van der Waals surface area contributed by atoms with Gasteiger partial charge in [0.05, 0.1) is 17.2 Å². The van der Waals surface area contributed by atoms with Crippen LogP contribution in [0.4, 0.5) is 4.79 Å². The molecule has 4 rings (SSSR count). The second kappa shape index (κ2) is 8.77. The van der Waals surface area contributed by atoms with Crippen LogP contribution in [0.3, 0.4) is 0 Å². The van der Waals surface area contributed by atoms with E-state index < -0.39 is 0 Å². The molecule has 0 atom stereocenters. The molecule has 0 unspecified atom stereocenters. The number of hydrogen-bond acceptors (Lipinski definition) is 6. The fourth-order valence-electron chi connectivity index (χ4n) is 2.87. The molecule has 152 valence electrons. The summed E-state index contributed by atoms with van der Waals surface area (Å²) in [6.07, 6.45) is 2.28. The molecule has 2 aromatic carbocycles. The minimum atomic E-state index is -0.369. The van der Waals surface area contributed by atoms with Crippen molar-refractivity contribution in [2.24, 2.45) is 0 Å². The summed E-state index contributed by atoms with van der Waals surface area (Å²) < 4.78 is 11.6. The van der Waals surface area contributed by atoms with Gasteiger partial charge >= 0.3 is 0 Å². The highest BCUT2D eigenvalue weighted by atomic mass is 35.5. The molecule has 0 bridgehead atoms. The zero-order valence-electron chi connectivity index (χ0n) is 16.0. The fraction of sp³-hybridized carbons (Fsp3) is 0.136. The Morgan fingerprint density at radius 1 is 1.13 bits per heavy atom. The Kier molecular flexibility index (Phi) is 5.92. The molecule has 3 aromatic rings. The summed E-state index contributed by atoms with van der Waals surface area (Å²) in [7, 11) is 0. The van der Waals surface area contributed by atoms with Crippen LogP contribution in [0.1, 0.15) is 17.0 Å². The number of nitrogens with one attached hydrogen (secondary N) is 1. The second-order valence-corrected chi connectivity index (χ2v) is 8.00. The molecule has 1 aromatic heterocycles. The van der Waals surface area contributed by atoms with Crippen molar-refractivity contribution in [3.05, 3.63) is 75.5 Å². The van der Waals surface area contributed by atoms with Gasteiger partial charge < -0.3 is 9.15 Å². The van der Waals surface area contributed by atoms with Gasteiger partial charge in [-0.25, -0.2) is 4.98 Å². The second-order valence-electron chi connectivity index (χ2n) is 6.55. The third-order valence-corrected chi connectivity index (χ3v) is 5.47. The van der Waals surface area contributed by atoms with Crippen LogP contribution in [-0.4, -0.2) is 22.7 Å². The topological polar surface area (TPSA) is 81.4 Å². The lowest BCUT2D eigenvalue weighted by atomic mass is 10.2. The summed E-state index contributed by atoms with van der Waals surface area (Å²) in [6, 6.07) is 14.6. The number of benzene rings is 2. The minimum Gasteiger partial charge on any atom is -0.493 e. The lowest BCUT2D eigenvalue weighted by Crippen LogP contribution is -2.17. The maximum Gasteiger partial charge on any atom is 0.290 e. The molecule has 0 spiro atoms. The Morgan fingerprint density at radius 2 is 1.87 bits per heavy atom. The van der Waals surface area contributed by atoms with Crippen molar-refractivity contribution in [3.8, 4) is 17.2 Å². The molecule has 0 saturated carbocycles. The zero-order valence-corrected chi connectivity index (χ0v) is 17.5. The highest BCUT2D eigenvalue weighted by molar-refractivity contribution is 8.18. The van der Waals surface area contributed by atoms with Crippen LogP contribution in [-0.2, 0) is 11.2 Å². The van der Waals surface area contributed by atoms with E-state index in [9.17, 15) is 9.59 Å². The average molecular weight is 441 g/mol. The number of hydrogen-bond donors (Lipinski definition) is 1. The van der Waals surface area contributed by atoms with Crippen LogP contribution in [0.2, 0.25) is 5.02 Å². The first-order chi connectivity index (χ1) is 14.5. The average Bonchev–Trinajstić information content (AvgIpc) is 3.25. The highest BCUT2D eigenvalue weighted by Crippen LogP contribution is 2.26. The van der Waals surface area contributed by atoms with Crippen molar-refractivity contribution < 1.29 is 18.7 Å². The van der Waals surface area contributed by atoms with E-state index in [0.29, 0.717) is 34.6 Å². The Labute approximate surface area is 182 Å². The summed E-state index contributed by atoms with van der Waals surface area (Å²) >= 11 is 6.82. The monoisotopic (exact) mass is 440 g/mol. The van der Waals surface area contributed by atoms with Gasteiger partial charge in [0.15, 0.2) is 0 Å². The van der Waals surface area contributed by atoms with Gasteiger partial charge in [0.25, 0.3) is 11.1 Å². The third kappa shape index (κ3) is 4.75. The van der Waals surface area contributed by atoms with E-state index in [1.165, 1.54) is 0 Å². The molecule has 30 heavy (non-hydrogen) atoms. The predicted octanol–water partition coefficient (Wildman–Crippen LogP) is 5.25. The van der Waals surface area contributed by atoms with Crippen molar-refractivity contribution in [1.29, 1.82) is 0 Å². The first-order valence-electron chi connectivity index (χ1n) is 9.18. The lowest BCUT2D eigenvalue weighted by Gasteiger charge is -2.05. The van der Waals surface area contributed by atoms with E-state index in [2.05, 4.69) is 10.3 Å². The van der Waals surface area contributed by atoms with E-state index in [4.69, 9.17) is 20.8 Å². The minimum absolute atomic E-state index is 0.353. The molecule has 6 nitrogen and oxygen atoms in total. The number of nitrogens with zero attached hydrogens (tertiary/aromatic N) is 1. The largest absolute Gasteiger partial charge is 0.493 e. The molecule has 1 aliphatic rings. The van der Waals surface area contributed by atoms with Crippen molar-refractivity contribution in [2.75, 3.05) is 6.61 Å². The number of oxazole rings is 1. The van der Waals surface area contributed by atoms with Gasteiger partial charge in [0.2, 0.25) is 5.89 Å². The number of halogens is 1. The van der Waals surface area contributed by atoms with E-state index in [0.717, 1.165) is 34.3 Å². The van der Waals surface area contributed by atoms with E-state index >= 15 is 0 Å². The number of carbonyl (C=O) groups excluding carboxylic acids is 2. The van der Waals surface area contributed by atoms with E-state index in [-0.39, 0.29) is 11.1 Å². The van der Waals surface area contributed by atoms with E-state index in [1.807, 2.05) is 43.3 Å². The Hall–Kier alpha value is -3.03. The quantitative estimate of drug-likeness (QED) is 0.527. The normalized spacial score (nSPS) is 14.9. The number of ether oxygens (including phenoxy) is 1. The summed E-state index contributed by atoms with van der Waals surface area (Å²) in [5.74, 6) is 1.65. The van der Waals surface area contributed by atoms with Crippen molar-refractivity contribution in [1.82, 2.24) is 10.3 Å². The van der Waals surface area contributed by atoms with Crippen LogP contribution in [0.25, 0.3) is 17.5 Å². The first-order valence-corrected chi connectivity index (χ1v) is 10.4. The van der Waals surface area contributed by atoms with Crippen molar-refractivity contribution in [3.63, 3.8) is 0 Å². The maximum absolute atomic E-state index is 11.6. The first kappa shape index (κ1) is 20.3. The number of thioether (sulfide) groups is 1. The number of carbonyl (C=O) groups is 2. The van der Waals surface area contributed by atoms with Crippen LogP contribution < -0.4 is 10.1 Å². The van der Waals surface area contributed by atoms with Crippen molar-refractivity contribution >= 4 is 40.6 Å². The molecule has 0 radical (unpaired) electrons. The van der Waals surface area contributed by atoms with Gasteiger partial charge in [-0.3, -0.25) is 14.9 Å². The molecule has 8 heteroatoms. The van der Waals surface area contributed by atoms with Gasteiger partial charge in [-0.1, -0.05) is 23.7 Å². The third-order valence-electron chi connectivity index (χ3n) is 4.41. The molecule has 2 heterocycles. The number of rotatable bonds is 6. The van der Waals surface area contributed by atoms with Gasteiger partial charge in [-0.15, -0.1) is 0 Å². The fourth-order valence-corrected chi connectivity index (χ4v) is 3.68. The smallest absolute Gasteiger partial charge is 0.290 e. The predicted molar refractivity (Wildman–Crippen MR) is 116 cm³/mol. The van der Waals surface area contributed by atoms with Crippen molar-refractivity contribution in [2.45, 2.75) is 13.3 Å². The van der Waals surface area contributed by atoms with Crippen LogP contribution in [0.5, 0.6) is 5.75 Å². The standard InChI is InChI=1S/C22H17ClN2O4S/c1-13-18(24-21(29-13)15-4-6-16(23)7-5-15)10-11-28-17-8-2-14(3-9-17)12-19-20(26)25-22(27)30-19/h2-9,12H,10-11H2,1H3,(H,25,26,27)/b19-12-. The lowest BCUT2D eigenvalue weighted by molar-refractivity contribution is -0.115. The number of imide groups is 1. The maximum atomic E-state index is 11.6. The Bertz CT molecular complexity index is 1120. The number of aromatic nitrogens is 1. The van der Waals surface area contributed by atoms with E-state index in [1.54, 1.807) is 18.2 Å². The van der Waals surface area contributed by atoms with Crippen LogP contribution >= 0.6 is 23.4 Å². The molecule has 1 fully saturated rings. The SMILES string of the molecule is Cc1oc(-c2ccc(Cl)cc2)nc1CCOc1ccc(/C=C2\SC(=O)NC2=O)cc1. The highest BCUT2D eigenvalue weighted by Gasteiger charge is 2.24. The zero-order chi connectivity index (χ0) is 21.1. The molecule has 1 saturated heterocycles. The molecule has 1 aliphatic heterocycles. The summed E-state index contributed by atoms with van der Waals surface area (Å²) in [5.41, 5.74) is 2.53. The summed E-state index contributed by atoms with van der Waals surface area (Å²) in [4.78, 5) is 27.8. The molecule has 1 N–H and O–H groups in total. The number of aryl methyl sites for hydroxylation is 1. The summed E-state index contributed by atoms with van der Waals surface area (Å²) in [5, 5.41) is 2.54. The van der Waals surface area contributed by atoms with Crippen LogP contribution in [0, 0.1) is 6.92 Å². The van der Waals surface area contributed by atoms with Gasteiger partial charge in [-0.05, 0) is 66.7 Å². The molecular weight excluding hydrogens is 424 g/mol. The van der Waals surface area contributed by atoms with Crippen LogP contribution in [0.15, 0.2) is 57.9 Å². The Balaban J connectivity index is 1.34. The molecule has 2 amide bonds. The van der Waals surface area contributed by atoms with Gasteiger partial charge in [0, 0.05) is 17.0 Å². The molecule has 0 aliphatic carbocycles. The van der Waals surface area contributed by atoms with Gasteiger partial charge in [0.1, 0.15) is 11.5 Å². The Morgan fingerprint density at radius 3 is 2.53 bits per heavy atom. The summed E-state index contributed by atoms with van der Waals surface area (Å²) in [6.45, 7) is 2.33. The van der Waals surface area contributed by atoms with Gasteiger partial charge in [-0.2, -0.15) is 0 Å². The number of amides is 2. The molecular formula is C22H17ClN2O4S.